The Morgan fingerprint density at radius 3 is 2.43 bits per heavy atom. The molecule has 0 spiro atoms. The van der Waals surface area contributed by atoms with Gasteiger partial charge in [0.25, 0.3) is 5.91 Å². The van der Waals surface area contributed by atoms with Crippen molar-refractivity contribution in [3.05, 3.63) is 64.8 Å². The molecule has 6 nitrogen and oxygen atoms in total. The fourth-order valence-electron chi connectivity index (χ4n) is 5.58. The Labute approximate surface area is 211 Å². The van der Waals surface area contributed by atoms with Crippen LogP contribution in [-0.2, 0) is 0 Å². The second-order valence-electron chi connectivity index (χ2n) is 9.56. The number of para-hydroxylation sites is 1. The molecule has 4 rings (SSSR count). The fourth-order valence-corrected chi connectivity index (χ4v) is 5.85. The molecule has 1 aromatic heterocycles. The van der Waals surface area contributed by atoms with E-state index in [4.69, 9.17) is 11.6 Å². The molecule has 1 aliphatic carbocycles. The first-order valence-electron chi connectivity index (χ1n) is 12.6. The monoisotopic (exact) mass is 498 g/mol. The van der Waals surface area contributed by atoms with E-state index in [1.54, 1.807) is 18.2 Å². The van der Waals surface area contributed by atoms with Gasteiger partial charge >= 0.3 is 0 Å². The van der Waals surface area contributed by atoms with E-state index in [9.17, 15) is 20.1 Å². The number of aliphatic hydroxyl groups is 2. The van der Waals surface area contributed by atoms with Crippen molar-refractivity contribution in [1.29, 1.82) is 0 Å². The molecule has 1 saturated carbocycles. The van der Waals surface area contributed by atoms with E-state index in [2.05, 4.69) is 5.32 Å². The molecule has 3 aromatic rings. The molecular formula is C28H35ClN2O4. The van der Waals surface area contributed by atoms with Gasteiger partial charge in [-0.3, -0.25) is 4.79 Å². The summed E-state index contributed by atoms with van der Waals surface area (Å²) in [6.45, 7) is 0.128. The number of benzene rings is 2. The number of halogens is 1. The number of fused-ring (bicyclic) bond motifs is 1. The molecule has 1 unspecified atom stereocenters. The third-order valence-corrected chi connectivity index (χ3v) is 7.72. The highest BCUT2D eigenvalue weighted by atomic mass is 35.5. The maximum absolute atomic E-state index is 12.7. The number of hydrogen-bond donors (Lipinski definition) is 4. The predicted octanol–water partition coefficient (Wildman–Crippen LogP) is 5.40. The normalized spacial score (nSPS) is 15.9. The number of hydrogen-bond acceptors (Lipinski definition) is 4. The SMILES string of the molecule is O=C(NCCC(c1cn(C(CO)CO)c2cccc(Cl)c12)C1CCCCCC1)c1ccccc1O. The van der Waals surface area contributed by atoms with Crippen LogP contribution in [0.15, 0.2) is 48.7 Å². The Hall–Kier alpha value is -2.54. The van der Waals surface area contributed by atoms with E-state index in [-0.39, 0.29) is 36.4 Å². The summed E-state index contributed by atoms with van der Waals surface area (Å²) >= 11 is 6.73. The molecule has 188 valence electrons. The van der Waals surface area contributed by atoms with Crippen molar-refractivity contribution in [1.82, 2.24) is 9.88 Å². The minimum Gasteiger partial charge on any atom is -0.507 e. The smallest absolute Gasteiger partial charge is 0.255 e. The van der Waals surface area contributed by atoms with Crippen molar-refractivity contribution >= 4 is 28.4 Å². The van der Waals surface area contributed by atoms with E-state index in [0.29, 0.717) is 17.5 Å². The van der Waals surface area contributed by atoms with E-state index in [0.717, 1.165) is 35.7 Å². The third-order valence-electron chi connectivity index (χ3n) is 7.41. The molecule has 1 atom stereocenters. The molecule has 1 amide bonds. The van der Waals surface area contributed by atoms with Crippen LogP contribution in [0.4, 0.5) is 0 Å². The van der Waals surface area contributed by atoms with Crippen molar-refractivity contribution in [2.45, 2.75) is 56.9 Å². The van der Waals surface area contributed by atoms with Gasteiger partial charge in [0, 0.05) is 18.1 Å². The lowest BCUT2D eigenvalue weighted by molar-refractivity contribution is 0.0948. The van der Waals surface area contributed by atoms with Gasteiger partial charge in [-0.2, -0.15) is 0 Å². The van der Waals surface area contributed by atoms with Crippen LogP contribution in [-0.4, -0.2) is 45.6 Å². The van der Waals surface area contributed by atoms with Crippen LogP contribution < -0.4 is 5.32 Å². The molecule has 2 aromatic carbocycles. The summed E-state index contributed by atoms with van der Waals surface area (Å²) < 4.78 is 1.95. The molecular weight excluding hydrogens is 464 g/mol. The number of aromatic hydroxyl groups is 1. The number of phenolic OH excluding ortho intramolecular Hbond substituents is 1. The Morgan fingerprint density at radius 2 is 1.74 bits per heavy atom. The number of carbonyl (C=O) groups excluding carboxylic acids is 1. The molecule has 1 aliphatic rings. The summed E-state index contributed by atoms with van der Waals surface area (Å²) in [5.41, 5.74) is 2.28. The topological polar surface area (TPSA) is 94.7 Å². The summed E-state index contributed by atoms with van der Waals surface area (Å²) in [4.78, 5) is 12.7. The number of rotatable bonds is 9. The van der Waals surface area contributed by atoms with E-state index < -0.39 is 6.04 Å². The van der Waals surface area contributed by atoms with Crippen molar-refractivity contribution < 1.29 is 20.1 Å². The quantitative estimate of drug-likeness (QED) is 0.297. The zero-order chi connectivity index (χ0) is 24.8. The van der Waals surface area contributed by atoms with Gasteiger partial charge in [0.1, 0.15) is 5.75 Å². The summed E-state index contributed by atoms with van der Waals surface area (Å²) in [6.07, 6.45) is 9.89. The van der Waals surface area contributed by atoms with Gasteiger partial charge in [-0.1, -0.05) is 55.5 Å². The van der Waals surface area contributed by atoms with Gasteiger partial charge in [0.15, 0.2) is 0 Å². The maximum Gasteiger partial charge on any atom is 0.255 e. The lowest BCUT2D eigenvalue weighted by Gasteiger charge is -2.27. The van der Waals surface area contributed by atoms with Crippen LogP contribution in [0.3, 0.4) is 0 Å². The molecule has 0 radical (unpaired) electrons. The molecule has 0 bridgehead atoms. The van der Waals surface area contributed by atoms with Crippen molar-refractivity contribution in [2.75, 3.05) is 19.8 Å². The first kappa shape index (κ1) is 25.5. The van der Waals surface area contributed by atoms with Gasteiger partial charge in [-0.15, -0.1) is 0 Å². The van der Waals surface area contributed by atoms with Crippen molar-refractivity contribution in [3.8, 4) is 5.75 Å². The number of nitrogens with one attached hydrogen (secondary N) is 1. The number of aliphatic hydroxyl groups excluding tert-OH is 2. The largest absolute Gasteiger partial charge is 0.507 e. The van der Waals surface area contributed by atoms with Gasteiger partial charge in [-0.25, -0.2) is 0 Å². The fraction of sp³-hybridized carbons (Fsp3) is 0.464. The number of carbonyl (C=O) groups is 1. The average Bonchev–Trinajstić information content (AvgIpc) is 3.04. The first-order chi connectivity index (χ1) is 17.0. The molecule has 1 heterocycles. The Balaban J connectivity index is 1.66. The highest BCUT2D eigenvalue weighted by Crippen LogP contribution is 2.43. The average molecular weight is 499 g/mol. The predicted molar refractivity (Wildman–Crippen MR) is 139 cm³/mol. The summed E-state index contributed by atoms with van der Waals surface area (Å²) in [6, 6.07) is 11.9. The van der Waals surface area contributed by atoms with Gasteiger partial charge in [0.05, 0.1) is 35.4 Å². The molecule has 7 heteroatoms. The third kappa shape index (κ3) is 5.66. The molecule has 0 saturated heterocycles. The summed E-state index contributed by atoms with van der Waals surface area (Å²) in [5, 5.41) is 34.4. The van der Waals surface area contributed by atoms with Gasteiger partial charge < -0.3 is 25.2 Å². The zero-order valence-corrected chi connectivity index (χ0v) is 20.8. The van der Waals surface area contributed by atoms with Crippen LogP contribution in [0, 0.1) is 5.92 Å². The minimum absolute atomic E-state index is 0.0285. The van der Waals surface area contributed by atoms with Crippen LogP contribution in [0.5, 0.6) is 5.75 Å². The standard InChI is InChI=1S/C28H35ClN2O4/c29-24-11-7-12-25-27(24)23(16-31(25)20(17-32)18-33)21(19-8-3-1-2-4-9-19)14-15-30-28(35)22-10-5-6-13-26(22)34/h5-7,10-13,16,19-21,32-34H,1-4,8-9,14-15,17-18H2,(H,30,35). The molecule has 1 fully saturated rings. The van der Waals surface area contributed by atoms with Gasteiger partial charge in [0.2, 0.25) is 0 Å². The molecule has 35 heavy (non-hydrogen) atoms. The number of nitrogens with zero attached hydrogens (tertiary/aromatic N) is 1. The second-order valence-corrected chi connectivity index (χ2v) is 9.97. The molecule has 0 aliphatic heterocycles. The second kappa shape index (κ2) is 11.9. The first-order valence-corrected chi connectivity index (χ1v) is 13.0. The highest BCUT2D eigenvalue weighted by molar-refractivity contribution is 6.35. The van der Waals surface area contributed by atoms with E-state index >= 15 is 0 Å². The zero-order valence-electron chi connectivity index (χ0n) is 20.0. The summed E-state index contributed by atoms with van der Waals surface area (Å²) in [7, 11) is 0. The Bertz CT molecular complexity index is 1130. The van der Waals surface area contributed by atoms with E-state index in [1.807, 2.05) is 29.0 Å². The number of aromatic nitrogens is 1. The highest BCUT2D eigenvalue weighted by Gasteiger charge is 2.29. The number of amides is 1. The van der Waals surface area contributed by atoms with Crippen LogP contribution >= 0.6 is 11.6 Å². The lowest BCUT2D eigenvalue weighted by atomic mass is 9.79. The number of phenols is 1. The molecule has 4 N–H and O–H groups in total. The Morgan fingerprint density at radius 1 is 1.03 bits per heavy atom. The lowest BCUT2D eigenvalue weighted by Crippen LogP contribution is -2.27. The maximum atomic E-state index is 12.7. The summed E-state index contributed by atoms with van der Waals surface area (Å²) in [5.74, 6) is 0.305. The van der Waals surface area contributed by atoms with Crippen LogP contribution in [0.1, 0.15) is 72.8 Å². The van der Waals surface area contributed by atoms with Gasteiger partial charge in [-0.05, 0) is 60.9 Å². The van der Waals surface area contributed by atoms with E-state index in [1.165, 1.54) is 31.7 Å². The Kier molecular flexibility index (Phi) is 8.71. The van der Waals surface area contributed by atoms with Crippen LogP contribution in [0.25, 0.3) is 10.9 Å². The van der Waals surface area contributed by atoms with Crippen molar-refractivity contribution in [3.63, 3.8) is 0 Å². The van der Waals surface area contributed by atoms with Crippen LogP contribution in [0.2, 0.25) is 5.02 Å². The minimum atomic E-state index is -0.444. The van der Waals surface area contributed by atoms with Crippen molar-refractivity contribution in [2.24, 2.45) is 5.92 Å².